The minimum Gasteiger partial charge on any atom is -0.298 e. The third kappa shape index (κ3) is 0.986. The van der Waals surface area contributed by atoms with Crippen LogP contribution in [0.2, 0.25) is 0 Å². The molecule has 0 N–H and O–H groups in total. The van der Waals surface area contributed by atoms with Crippen molar-refractivity contribution in [1.29, 1.82) is 0 Å². The Kier molecular flexibility index (Phi) is 2.63. The zero-order chi connectivity index (χ0) is 10.6. The molecule has 0 spiro atoms. The number of hydrogen-bond donors (Lipinski definition) is 0. The second-order valence-electron chi connectivity index (χ2n) is 4.89. The molecule has 2 bridgehead atoms. The SMILES string of the molecule is CC[C@]1(CBr)[C@H]2CC[C@@]1(C)C(=O)[C@@H]2Br. The van der Waals surface area contributed by atoms with Crippen LogP contribution in [0.5, 0.6) is 0 Å². The molecule has 2 aliphatic carbocycles. The van der Waals surface area contributed by atoms with Gasteiger partial charge in [-0.05, 0) is 30.6 Å². The van der Waals surface area contributed by atoms with E-state index in [9.17, 15) is 4.79 Å². The lowest BCUT2D eigenvalue weighted by Crippen LogP contribution is -2.38. The second-order valence-corrected chi connectivity index (χ2v) is 6.43. The van der Waals surface area contributed by atoms with Crippen LogP contribution in [0.15, 0.2) is 0 Å². The van der Waals surface area contributed by atoms with E-state index in [1.165, 1.54) is 6.42 Å². The number of fused-ring (bicyclic) bond motifs is 2. The quantitative estimate of drug-likeness (QED) is 0.710. The number of ketones is 1. The van der Waals surface area contributed by atoms with Crippen LogP contribution in [0.1, 0.15) is 33.1 Å². The topological polar surface area (TPSA) is 17.1 Å². The molecule has 0 aromatic heterocycles. The Labute approximate surface area is 102 Å². The van der Waals surface area contributed by atoms with E-state index in [1.807, 2.05) is 0 Å². The Morgan fingerprint density at radius 1 is 1.57 bits per heavy atom. The van der Waals surface area contributed by atoms with Crippen LogP contribution in [0.25, 0.3) is 0 Å². The van der Waals surface area contributed by atoms with Crippen molar-refractivity contribution in [2.45, 2.75) is 37.9 Å². The Morgan fingerprint density at radius 2 is 2.21 bits per heavy atom. The summed E-state index contributed by atoms with van der Waals surface area (Å²) in [6.45, 7) is 4.39. The largest absolute Gasteiger partial charge is 0.298 e. The Hall–Kier alpha value is 0.630. The van der Waals surface area contributed by atoms with E-state index in [2.05, 4.69) is 45.7 Å². The summed E-state index contributed by atoms with van der Waals surface area (Å²) in [5, 5.41) is 0.964. The molecule has 0 unspecified atom stereocenters. The van der Waals surface area contributed by atoms with E-state index in [0.717, 1.165) is 18.2 Å². The number of rotatable bonds is 2. The third-order valence-corrected chi connectivity index (χ3v) is 6.84. The van der Waals surface area contributed by atoms with Crippen molar-refractivity contribution in [1.82, 2.24) is 0 Å². The fourth-order valence-electron chi connectivity index (χ4n) is 3.65. The fourth-order valence-corrected chi connectivity index (χ4v) is 6.36. The Balaban J connectivity index is 2.50. The monoisotopic (exact) mass is 322 g/mol. The molecule has 0 aliphatic heterocycles. The highest BCUT2D eigenvalue weighted by Gasteiger charge is 2.68. The lowest BCUT2D eigenvalue weighted by atomic mass is 9.67. The van der Waals surface area contributed by atoms with Gasteiger partial charge in [-0.1, -0.05) is 45.7 Å². The molecule has 1 nitrogen and oxygen atoms in total. The van der Waals surface area contributed by atoms with E-state index in [4.69, 9.17) is 0 Å². The van der Waals surface area contributed by atoms with Crippen molar-refractivity contribution in [3.8, 4) is 0 Å². The highest BCUT2D eigenvalue weighted by atomic mass is 79.9. The van der Waals surface area contributed by atoms with Crippen molar-refractivity contribution in [3.63, 3.8) is 0 Å². The van der Waals surface area contributed by atoms with Crippen molar-refractivity contribution in [2.75, 3.05) is 5.33 Å². The number of carbonyl (C=O) groups is 1. The average molecular weight is 324 g/mol. The van der Waals surface area contributed by atoms with Crippen LogP contribution in [0, 0.1) is 16.7 Å². The summed E-state index contributed by atoms with van der Waals surface area (Å²) in [4.78, 5) is 12.3. The molecule has 2 saturated carbocycles. The normalized spacial score (nSPS) is 51.6. The summed E-state index contributed by atoms with van der Waals surface area (Å²) in [6, 6.07) is 0. The van der Waals surface area contributed by atoms with E-state index < -0.39 is 0 Å². The first-order chi connectivity index (χ1) is 6.53. The molecule has 0 heterocycles. The lowest BCUT2D eigenvalue weighted by molar-refractivity contribution is -0.128. The van der Waals surface area contributed by atoms with Crippen LogP contribution < -0.4 is 0 Å². The second kappa shape index (κ2) is 3.31. The first kappa shape index (κ1) is 11.1. The summed E-state index contributed by atoms with van der Waals surface area (Å²) in [6.07, 6.45) is 3.39. The van der Waals surface area contributed by atoms with Gasteiger partial charge in [0.05, 0.1) is 4.83 Å². The van der Waals surface area contributed by atoms with Crippen molar-refractivity contribution in [2.24, 2.45) is 16.7 Å². The molecule has 14 heavy (non-hydrogen) atoms. The predicted molar refractivity (Wildman–Crippen MR) is 65.1 cm³/mol. The van der Waals surface area contributed by atoms with Crippen molar-refractivity contribution < 1.29 is 4.79 Å². The first-order valence-electron chi connectivity index (χ1n) is 5.28. The number of alkyl halides is 2. The maximum atomic E-state index is 12.2. The molecule has 0 radical (unpaired) electrons. The lowest BCUT2D eigenvalue weighted by Gasteiger charge is -2.37. The van der Waals surface area contributed by atoms with Crippen LogP contribution in [-0.4, -0.2) is 15.9 Å². The van der Waals surface area contributed by atoms with Gasteiger partial charge in [-0.3, -0.25) is 4.79 Å². The third-order valence-electron chi connectivity index (χ3n) is 4.78. The summed E-state index contributed by atoms with van der Waals surface area (Å²) in [7, 11) is 0. The summed E-state index contributed by atoms with van der Waals surface area (Å²) in [5.41, 5.74) is 0.127. The molecule has 0 aromatic rings. The summed E-state index contributed by atoms with van der Waals surface area (Å²) in [5.74, 6) is 0.986. The number of halogens is 2. The van der Waals surface area contributed by atoms with E-state index in [1.54, 1.807) is 0 Å². The molecule has 3 heteroatoms. The predicted octanol–water partition coefficient (Wildman–Crippen LogP) is 3.54. The zero-order valence-electron chi connectivity index (χ0n) is 8.65. The van der Waals surface area contributed by atoms with E-state index >= 15 is 0 Å². The van der Waals surface area contributed by atoms with Crippen LogP contribution >= 0.6 is 31.9 Å². The Bertz CT molecular complexity index is 272. The van der Waals surface area contributed by atoms with E-state index in [0.29, 0.717) is 11.7 Å². The zero-order valence-corrected chi connectivity index (χ0v) is 11.8. The maximum Gasteiger partial charge on any atom is 0.153 e. The Morgan fingerprint density at radius 3 is 2.50 bits per heavy atom. The molecule has 0 saturated heterocycles. The minimum atomic E-state index is -0.0793. The van der Waals surface area contributed by atoms with Gasteiger partial charge in [0.1, 0.15) is 0 Å². The first-order valence-corrected chi connectivity index (χ1v) is 7.31. The van der Waals surface area contributed by atoms with Gasteiger partial charge in [-0.15, -0.1) is 0 Å². The van der Waals surface area contributed by atoms with Gasteiger partial charge in [0.2, 0.25) is 0 Å². The molecule has 0 amide bonds. The van der Waals surface area contributed by atoms with Crippen molar-refractivity contribution in [3.05, 3.63) is 0 Å². The van der Waals surface area contributed by atoms with Gasteiger partial charge in [-0.2, -0.15) is 0 Å². The molecule has 2 rings (SSSR count). The van der Waals surface area contributed by atoms with Crippen molar-refractivity contribution >= 4 is 37.6 Å². The van der Waals surface area contributed by atoms with Gasteiger partial charge < -0.3 is 0 Å². The highest BCUT2D eigenvalue weighted by Crippen LogP contribution is 2.67. The highest BCUT2D eigenvalue weighted by molar-refractivity contribution is 9.10. The van der Waals surface area contributed by atoms with Crippen LogP contribution in [0.4, 0.5) is 0 Å². The van der Waals surface area contributed by atoms with Crippen LogP contribution in [0.3, 0.4) is 0 Å². The van der Waals surface area contributed by atoms with Gasteiger partial charge in [0, 0.05) is 10.7 Å². The average Bonchev–Trinajstić information content (AvgIpc) is 2.56. The van der Waals surface area contributed by atoms with E-state index in [-0.39, 0.29) is 15.7 Å². The van der Waals surface area contributed by atoms with Gasteiger partial charge >= 0.3 is 0 Å². The van der Waals surface area contributed by atoms with Gasteiger partial charge in [0.25, 0.3) is 0 Å². The standard InChI is InChI=1S/C11H16Br2O/c1-3-11(6-12)7-4-5-10(11,2)9(14)8(7)13/h7-8H,3-6H2,1-2H3/t7-,8+,10-,11-/m0/s1. The molecular formula is C11H16Br2O. The van der Waals surface area contributed by atoms with Crippen LogP contribution in [-0.2, 0) is 4.79 Å². The number of carbonyl (C=O) groups excluding carboxylic acids is 1. The number of hydrogen-bond acceptors (Lipinski definition) is 1. The molecule has 2 fully saturated rings. The van der Waals surface area contributed by atoms with Gasteiger partial charge in [0.15, 0.2) is 5.78 Å². The summed E-state index contributed by atoms with van der Waals surface area (Å²) < 4.78 is 0. The van der Waals surface area contributed by atoms with Gasteiger partial charge in [-0.25, -0.2) is 0 Å². The smallest absolute Gasteiger partial charge is 0.153 e. The molecule has 0 aromatic carbocycles. The molecular weight excluding hydrogens is 308 g/mol. The minimum absolute atomic E-state index is 0.0793. The number of Topliss-reactive ketones (excluding diaryl/α,β-unsaturated/α-hetero) is 1. The molecule has 80 valence electrons. The summed E-state index contributed by atoms with van der Waals surface area (Å²) >= 11 is 7.21. The molecule has 4 atom stereocenters. The maximum absolute atomic E-state index is 12.2. The fraction of sp³-hybridized carbons (Fsp3) is 0.909. The molecule has 2 aliphatic rings.